The van der Waals surface area contributed by atoms with Crippen molar-refractivity contribution in [2.45, 2.75) is 64.5 Å². The van der Waals surface area contributed by atoms with E-state index in [1.807, 2.05) is 4.90 Å². The summed E-state index contributed by atoms with van der Waals surface area (Å²) in [6.45, 7) is 5.88. The molecule has 1 fully saturated rings. The van der Waals surface area contributed by atoms with Crippen LogP contribution < -0.4 is 21.1 Å². The first-order valence-corrected chi connectivity index (χ1v) is 10.5. The van der Waals surface area contributed by atoms with E-state index in [1.165, 1.54) is 12.1 Å². The molecule has 1 aromatic heterocycles. The number of hydrogen-bond donors (Lipinski definition) is 3. The molecule has 3 unspecified atom stereocenters. The third-order valence-electron chi connectivity index (χ3n) is 6.08. The van der Waals surface area contributed by atoms with Crippen LogP contribution in [0.1, 0.15) is 56.6 Å². The van der Waals surface area contributed by atoms with E-state index in [9.17, 15) is 18.8 Å². The lowest BCUT2D eigenvalue weighted by Gasteiger charge is -2.39. The first kappa shape index (κ1) is 21.0. The van der Waals surface area contributed by atoms with Crippen molar-refractivity contribution in [3.63, 3.8) is 0 Å². The minimum Gasteiger partial charge on any atom is -0.337 e. The third-order valence-corrected chi connectivity index (χ3v) is 6.08. The van der Waals surface area contributed by atoms with E-state index in [-0.39, 0.29) is 35.6 Å². The molecule has 0 bridgehead atoms. The molecule has 0 aliphatic carbocycles. The Bertz CT molecular complexity index is 1090. The fraction of sp³-hybridized carbons (Fsp3) is 0.455. The zero-order valence-corrected chi connectivity index (χ0v) is 17.8. The highest BCUT2D eigenvalue weighted by atomic mass is 19.1. The topological polar surface area (TPSA) is 107 Å². The number of benzene rings is 1. The van der Waals surface area contributed by atoms with Crippen molar-refractivity contribution in [1.82, 2.24) is 9.97 Å². The maximum absolute atomic E-state index is 14.2. The smallest absolute Gasteiger partial charge is 0.258 e. The molecule has 31 heavy (non-hydrogen) atoms. The van der Waals surface area contributed by atoms with Gasteiger partial charge in [-0.2, -0.15) is 4.98 Å². The Balaban J connectivity index is 1.68. The Morgan fingerprint density at radius 3 is 2.61 bits per heavy atom. The Morgan fingerprint density at radius 2 is 1.94 bits per heavy atom. The molecule has 9 heteroatoms. The van der Waals surface area contributed by atoms with Crippen LogP contribution in [-0.4, -0.2) is 33.9 Å². The minimum absolute atomic E-state index is 0.0000980. The quantitative estimate of drug-likeness (QED) is 0.698. The molecule has 8 nitrogen and oxygen atoms in total. The van der Waals surface area contributed by atoms with Crippen molar-refractivity contribution in [3.05, 3.63) is 45.5 Å². The lowest BCUT2D eigenvalue weighted by molar-refractivity contribution is -0.123. The van der Waals surface area contributed by atoms with Gasteiger partial charge in [0.2, 0.25) is 17.8 Å². The zero-order chi connectivity index (χ0) is 22.3. The van der Waals surface area contributed by atoms with Gasteiger partial charge in [0.25, 0.3) is 5.56 Å². The molecular weight excluding hydrogens is 401 g/mol. The molecule has 164 valence electrons. The SMILES string of the molecule is Cc1ccc(NC(=O)C2CC(=O)Nc3nc(N4C(C)CCCC4C)[nH]c(=O)c32)c(F)c1. The van der Waals surface area contributed by atoms with Crippen molar-refractivity contribution in [1.29, 1.82) is 0 Å². The maximum atomic E-state index is 14.2. The number of carbonyl (C=O) groups excluding carboxylic acids is 2. The van der Waals surface area contributed by atoms with Crippen LogP contribution in [0.15, 0.2) is 23.0 Å². The molecule has 2 aliphatic heterocycles. The molecule has 1 saturated heterocycles. The van der Waals surface area contributed by atoms with Gasteiger partial charge in [0, 0.05) is 18.5 Å². The predicted octanol–water partition coefficient (Wildman–Crippen LogP) is 3.05. The number of fused-ring (bicyclic) bond motifs is 1. The highest BCUT2D eigenvalue weighted by molar-refractivity contribution is 6.04. The fourth-order valence-corrected chi connectivity index (χ4v) is 4.49. The number of aryl methyl sites for hydroxylation is 1. The number of H-pyrrole nitrogens is 1. The van der Waals surface area contributed by atoms with Gasteiger partial charge in [0.05, 0.1) is 17.2 Å². The number of nitrogens with one attached hydrogen (secondary N) is 3. The maximum Gasteiger partial charge on any atom is 0.258 e. The van der Waals surface area contributed by atoms with Crippen LogP contribution >= 0.6 is 0 Å². The minimum atomic E-state index is -1.06. The van der Waals surface area contributed by atoms with Gasteiger partial charge < -0.3 is 15.5 Å². The van der Waals surface area contributed by atoms with Crippen molar-refractivity contribution in [2.24, 2.45) is 0 Å². The summed E-state index contributed by atoms with van der Waals surface area (Å²) in [7, 11) is 0. The number of halogens is 1. The average molecular weight is 427 g/mol. The number of anilines is 3. The zero-order valence-electron chi connectivity index (χ0n) is 17.8. The molecule has 2 aliphatic rings. The van der Waals surface area contributed by atoms with Crippen LogP contribution in [0.25, 0.3) is 0 Å². The van der Waals surface area contributed by atoms with E-state index >= 15 is 0 Å². The van der Waals surface area contributed by atoms with Gasteiger partial charge in [-0.15, -0.1) is 0 Å². The number of aromatic nitrogens is 2. The summed E-state index contributed by atoms with van der Waals surface area (Å²) in [5.41, 5.74) is 0.326. The Hall–Kier alpha value is -3.23. The Morgan fingerprint density at radius 1 is 1.23 bits per heavy atom. The van der Waals surface area contributed by atoms with Crippen LogP contribution in [0.5, 0.6) is 0 Å². The lowest BCUT2D eigenvalue weighted by atomic mass is 9.92. The molecular formula is C22H26FN5O3. The van der Waals surface area contributed by atoms with Crippen LogP contribution in [-0.2, 0) is 9.59 Å². The number of piperidine rings is 1. The van der Waals surface area contributed by atoms with E-state index < -0.39 is 29.1 Å². The summed E-state index contributed by atoms with van der Waals surface area (Å²) >= 11 is 0. The summed E-state index contributed by atoms with van der Waals surface area (Å²) < 4.78 is 14.2. The summed E-state index contributed by atoms with van der Waals surface area (Å²) in [5, 5.41) is 5.13. The van der Waals surface area contributed by atoms with E-state index in [4.69, 9.17) is 0 Å². The first-order valence-electron chi connectivity index (χ1n) is 10.5. The average Bonchev–Trinajstić information content (AvgIpc) is 2.69. The molecule has 4 rings (SSSR count). The van der Waals surface area contributed by atoms with Crippen LogP contribution in [0, 0.1) is 12.7 Å². The van der Waals surface area contributed by atoms with Gasteiger partial charge in [-0.1, -0.05) is 6.07 Å². The second-order valence-electron chi connectivity index (χ2n) is 8.47. The molecule has 2 amide bonds. The van der Waals surface area contributed by atoms with Gasteiger partial charge >= 0.3 is 0 Å². The number of rotatable bonds is 3. The normalized spacial score (nSPS) is 23.2. The Kier molecular flexibility index (Phi) is 5.51. The highest BCUT2D eigenvalue weighted by Gasteiger charge is 2.36. The second kappa shape index (κ2) is 8.13. The van der Waals surface area contributed by atoms with Gasteiger partial charge in [-0.05, 0) is 57.7 Å². The summed E-state index contributed by atoms with van der Waals surface area (Å²) in [6.07, 6.45) is 2.84. The van der Waals surface area contributed by atoms with Gasteiger partial charge in [-0.3, -0.25) is 19.4 Å². The molecule has 3 N–H and O–H groups in total. The lowest BCUT2D eigenvalue weighted by Crippen LogP contribution is -2.46. The number of carbonyl (C=O) groups is 2. The van der Waals surface area contributed by atoms with Crippen molar-refractivity contribution in [2.75, 3.05) is 15.5 Å². The highest BCUT2D eigenvalue weighted by Crippen LogP contribution is 2.32. The largest absolute Gasteiger partial charge is 0.337 e. The fourth-order valence-electron chi connectivity index (χ4n) is 4.49. The van der Waals surface area contributed by atoms with Crippen molar-refractivity contribution < 1.29 is 14.0 Å². The third kappa shape index (κ3) is 4.04. The van der Waals surface area contributed by atoms with Crippen molar-refractivity contribution >= 4 is 29.3 Å². The number of hydrogen-bond acceptors (Lipinski definition) is 5. The molecule has 3 atom stereocenters. The van der Waals surface area contributed by atoms with Gasteiger partial charge in [0.1, 0.15) is 11.6 Å². The van der Waals surface area contributed by atoms with Crippen LogP contribution in [0.2, 0.25) is 0 Å². The summed E-state index contributed by atoms with van der Waals surface area (Å²) in [5.74, 6) is -2.21. The molecule has 3 heterocycles. The first-order chi connectivity index (χ1) is 14.7. The molecule has 0 spiro atoms. The second-order valence-corrected chi connectivity index (χ2v) is 8.47. The van der Waals surface area contributed by atoms with Gasteiger partial charge in [0.15, 0.2) is 0 Å². The van der Waals surface area contributed by atoms with E-state index in [1.54, 1.807) is 13.0 Å². The standard InChI is InChI=1S/C22H26FN5O3/c1-11-7-8-16(15(23)9-11)24-20(30)14-10-17(29)25-19-18(14)21(31)27-22(26-19)28-12(2)5-4-6-13(28)3/h7-9,12-14H,4-6,10H2,1-3H3,(H,24,30)(H2,25,26,27,29,31). The molecule has 1 aromatic carbocycles. The summed E-state index contributed by atoms with van der Waals surface area (Å²) in [4.78, 5) is 47.6. The molecule has 0 radical (unpaired) electrons. The molecule has 2 aromatic rings. The molecule has 0 saturated carbocycles. The van der Waals surface area contributed by atoms with Crippen LogP contribution in [0.3, 0.4) is 0 Å². The summed E-state index contributed by atoms with van der Waals surface area (Å²) in [6, 6.07) is 4.80. The Labute approximate surface area is 179 Å². The number of aromatic amines is 1. The van der Waals surface area contributed by atoms with E-state index in [2.05, 4.69) is 34.4 Å². The number of nitrogens with zero attached hydrogens (tertiary/aromatic N) is 2. The number of amides is 2. The van der Waals surface area contributed by atoms with Crippen molar-refractivity contribution in [3.8, 4) is 0 Å². The predicted molar refractivity (Wildman–Crippen MR) is 116 cm³/mol. The van der Waals surface area contributed by atoms with Crippen LogP contribution in [0.4, 0.5) is 21.8 Å². The van der Waals surface area contributed by atoms with E-state index in [0.717, 1.165) is 19.3 Å². The monoisotopic (exact) mass is 427 g/mol. The van der Waals surface area contributed by atoms with Gasteiger partial charge in [-0.25, -0.2) is 4.39 Å². The van der Waals surface area contributed by atoms with E-state index in [0.29, 0.717) is 11.5 Å².